The second-order valence-corrected chi connectivity index (χ2v) is 7.61. The lowest BCUT2D eigenvalue weighted by molar-refractivity contribution is -0.146. The minimum Gasteiger partial charge on any atom is -0.462 e. The maximum absolute atomic E-state index is 12.5. The smallest absolute Gasteiger partial charge is 0.341 e. The van der Waals surface area contributed by atoms with Crippen molar-refractivity contribution in [3.63, 3.8) is 0 Å². The average molecular weight is 433 g/mol. The largest absolute Gasteiger partial charge is 0.462 e. The van der Waals surface area contributed by atoms with Gasteiger partial charge in [0, 0.05) is 17.7 Å². The first kappa shape index (κ1) is 21.6. The molecule has 2 heterocycles. The molecule has 0 atom stereocenters. The van der Waals surface area contributed by atoms with Gasteiger partial charge in [0.25, 0.3) is 5.91 Å². The van der Waals surface area contributed by atoms with Crippen LogP contribution in [0.4, 0.5) is 5.00 Å². The maximum atomic E-state index is 12.5. The zero-order valence-electron chi connectivity index (χ0n) is 17.0. The number of anilines is 1. The first-order chi connectivity index (χ1) is 14.4. The van der Waals surface area contributed by atoms with Crippen LogP contribution in [0.15, 0.2) is 18.2 Å². The van der Waals surface area contributed by atoms with Gasteiger partial charge in [-0.1, -0.05) is 13.0 Å². The molecular weight excluding hydrogens is 410 g/mol. The summed E-state index contributed by atoms with van der Waals surface area (Å²) in [6.07, 6.45) is 0.722. The van der Waals surface area contributed by atoms with Crippen molar-refractivity contribution in [1.29, 1.82) is 0 Å². The summed E-state index contributed by atoms with van der Waals surface area (Å²) in [5.41, 5.74) is 2.03. The number of hydrogen-bond donors (Lipinski definition) is 1. The van der Waals surface area contributed by atoms with Gasteiger partial charge in [-0.2, -0.15) is 0 Å². The number of esters is 2. The van der Waals surface area contributed by atoms with E-state index in [0.29, 0.717) is 28.5 Å². The Balaban J connectivity index is 1.83. The van der Waals surface area contributed by atoms with Crippen LogP contribution in [0, 0.1) is 6.92 Å². The predicted molar refractivity (Wildman–Crippen MR) is 110 cm³/mol. The molecule has 0 bridgehead atoms. The topological polar surface area (TPSA) is 100 Å². The van der Waals surface area contributed by atoms with Gasteiger partial charge in [0.2, 0.25) is 6.79 Å². The van der Waals surface area contributed by atoms with Crippen molar-refractivity contribution in [1.82, 2.24) is 0 Å². The van der Waals surface area contributed by atoms with Crippen LogP contribution in [0.25, 0.3) is 0 Å². The van der Waals surface area contributed by atoms with Crippen LogP contribution in [-0.4, -0.2) is 37.9 Å². The molecule has 8 nitrogen and oxygen atoms in total. The number of benzene rings is 1. The summed E-state index contributed by atoms with van der Waals surface area (Å²) >= 11 is 1.29. The minimum absolute atomic E-state index is 0.180. The van der Waals surface area contributed by atoms with Crippen LogP contribution in [-0.2, 0) is 25.5 Å². The van der Waals surface area contributed by atoms with Crippen molar-refractivity contribution >= 4 is 34.2 Å². The zero-order chi connectivity index (χ0) is 21.7. The Hall–Kier alpha value is -3.07. The van der Waals surface area contributed by atoms with E-state index in [0.717, 1.165) is 16.0 Å². The molecule has 3 rings (SSSR count). The molecule has 1 aliphatic heterocycles. The fraction of sp³-hybridized carbons (Fsp3) is 0.381. The van der Waals surface area contributed by atoms with Crippen LogP contribution in [0.5, 0.6) is 11.5 Å². The standard InChI is InChI=1S/C21H23NO7S/c1-4-18(24)27-10-17(23)22-20-19(21(25)26-5-2)12(3)16(30-20)9-13-6-7-14-15(8-13)29-11-28-14/h6-8H,4-5,9-11H2,1-3H3,(H,22,23). The number of ether oxygens (including phenoxy) is 4. The summed E-state index contributed by atoms with van der Waals surface area (Å²) in [5, 5.41) is 3.05. The van der Waals surface area contributed by atoms with Gasteiger partial charge in [-0.15, -0.1) is 11.3 Å². The molecule has 0 saturated carbocycles. The molecule has 1 aromatic carbocycles. The molecule has 0 fully saturated rings. The first-order valence-electron chi connectivity index (χ1n) is 9.56. The van der Waals surface area contributed by atoms with Gasteiger partial charge in [0.15, 0.2) is 18.1 Å². The highest BCUT2D eigenvalue weighted by molar-refractivity contribution is 7.17. The zero-order valence-corrected chi connectivity index (χ0v) is 17.9. The van der Waals surface area contributed by atoms with E-state index in [2.05, 4.69) is 5.32 Å². The van der Waals surface area contributed by atoms with E-state index in [1.54, 1.807) is 13.8 Å². The Morgan fingerprint density at radius 3 is 2.63 bits per heavy atom. The first-order valence-corrected chi connectivity index (χ1v) is 10.4. The summed E-state index contributed by atoms with van der Waals surface area (Å²) in [4.78, 5) is 36.9. The van der Waals surface area contributed by atoms with E-state index >= 15 is 0 Å². The molecular formula is C21H23NO7S. The monoisotopic (exact) mass is 433 g/mol. The average Bonchev–Trinajstić information content (AvgIpc) is 3.30. The van der Waals surface area contributed by atoms with Crippen LogP contribution >= 0.6 is 11.3 Å². The minimum atomic E-state index is -0.516. The number of fused-ring (bicyclic) bond motifs is 1. The van der Waals surface area contributed by atoms with Gasteiger partial charge in [0.05, 0.1) is 12.2 Å². The van der Waals surface area contributed by atoms with Gasteiger partial charge >= 0.3 is 11.9 Å². The second kappa shape index (κ2) is 9.62. The number of carbonyl (C=O) groups is 3. The van der Waals surface area contributed by atoms with E-state index in [-0.39, 0.29) is 19.8 Å². The quantitative estimate of drug-likeness (QED) is 0.637. The van der Waals surface area contributed by atoms with Gasteiger partial charge < -0.3 is 24.3 Å². The molecule has 30 heavy (non-hydrogen) atoms. The molecule has 1 aliphatic rings. The maximum Gasteiger partial charge on any atom is 0.341 e. The molecule has 0 unspecified atom stereocenters. The van der Waals surface area contributed by atoms with E-state index in [1.165, 1.54) is 11.3 Å². The predicted octanol–water partition coefficient (Wildman–Crippen LogP) is 3.44. The van der Waals surface area contributed by atoms with Crippen LogP contribution < -0.4 is 14.8 Å². The molecule has 0 radical (unpaired) electrons. The third-order valence-corrected chi connectivity index (χ3v) is 5.64. The Labute approximate surface area is 178 Å². The third kappa shape index (κ3) is 4.91. The molecule has 1 aromatic heterocycles. The fourth-order valence-corrected chi connectivity index (χ4v) is 4.16. The number of nitrogens with one attached hydrogen (secondary N) is 1. The van der Waals surface area contributed by atoms with E-state index in [9.17, 15) is 14.4 Å². The molecule has 0 saturated heterocycles. The number of amides is 1. The Bertz CT molecular complexity index is 967. The highest BCUT2D eigenvalue weighted by Crippen LogP contribution is 2.37. The number of rotatable bonds is 8. The summed E-state index contributed by atoms with van der Waals surface area (Å²) in [6, 6.07) is 5.67. The number of thiophene rings is 1. The Kier molecular flexibility index (Phi) is 6.94. The fourth-order valence-electron chi connectivity index (χ4n) is 2.91. The lowest BCUT2D eigenvalue weighted by Gasteiger charge is -2.07. The van der Waals surface area contributed by atoms with Crippen LogP contribution in [0.1, 0.15) is 46.6 Å². The van der Waals surface area contributed by atoms with Crippen molar-refractivity contribution < 1.29 is 33.3 Å². The second-order valence-electron chi connectivity index (χ2n) is 6.50. The Morgan fingerprint density at radius 2 is 1.90 bits per heavy atom. The van der Waals surface area contributed by atoms with Crippen LogP contribution in [0.2, 0.25) is 0 Å². The van der Waals surface area contributed by atoms with E-state index in [1.807, 2.05) is 25.1 Å². The van der Waals surface area contributed by atoms with Crippen molar-refractivity contribution in [3.8, 4) is 11.5 Å². The lowest BCUT2D eigenvalue weighted by atomic mass is 10.1. The molecule has 0 spiro atoms. The highest BCUT2D eigenvalue weighted by Gasteiger charge is 2.24. The Morgan fingerprint density at radius 1 is 1.13 bits per heavy atom. The molecule has 9 heteroatoms. The van der Waals surface area contributed by atoms with Gasteiger partial charge in [-0.05, 0) is 37.1 Å². The molecule has 1 N–H and O–H groups in total. The van der Waals surface area contributed by atoms with Crippen molar-refractivity contribution in [3.05, 3.63) is 39.8 Å². The normalized spacial score (nSPS) is 11.8. The summed E-state index contributed by atoms with van der Waals surface area (Å²) in [5.74, 6) is -0.120. The van der Waals surface area contributed by atoms with Crippen molar-refractivity contribution in [2.75, 3.05) is 25.3 Å². The van der Waals surface area contributed by atoms with Crippen molar-refractivity contribution in [2.24, 2.45) is 0 Å². The molecule has 0 aliphatic carbocycles. The lowest BCUT2D eigenvalue weighted by Crippen LogP contribution is -2.21. The van der Waals surface area contributed by atoms with Gasteiger partial charge in [-0.3, -0.25) is 9.59 Å². The van der Waals surface area contributed by atoms with E-state index < -0.39 is 24.5 Å². The van der Waals surface area contributed by atoms with Crippen LogP contribution in [0.3, 0.4) is 0 Å². The van der Waals surface area contributed by atoms with E-state index in [4.69, 9.17) is 18.9 Å². The number of hydrogen-bond acceptors (Lipinski definition) is 8. The molecule has 160 valence electrons. The molecule has 2 aromatic rings. The van der Waals surface area contributed by atoms with Gasteiger partial charge in [-0.25, -0.2) is 4.79 Å². The van der Waals surface area contributed by atoms with Crippen molar-refractivity contribution in [2.45, 2.75) is 33.6 Å². The SMILES string of the molecule is CCOC(=O)c1c(NC(=O)COC(=O)CC)sc(Cc2ccc3c(c2)OCO3)c1C. The number of carbonyl (C=O) groups excluding carboxylic acids is 3. The van der Waals surface area contributed by atoms with Gasteiger partial charge in [0.1, 0.15) is 5.00 Å². The summed E-state index contributed by atoms with van der Waals surface area (Å²) < 4.78 is 20.8. The summed E-state index contributed by atoms with van der Waals surface area (Å²) in [6.45, 7) is 5.18. The third-order valence-electron chi connectivity index (χ3n) is 4.43. The highest BCUT2D eigenvalue weighted by atomic mass is 32.1. The summed E-state index contributed by atoms with van der Waals surface area (Å²) in [7, 11) is 0. The molecule has 1 amide bonds.